The Labute approximate surface area is 155 Å². The molecule has 5 nitrogen and oxygen atoms in total. The molecule has 0 atom stereocenters. The fourth-order valence-electron chi connectivity index (χ4n) is 2.92. The summed E-state index contributed by atoms with van der Waals surface area (Å²) in [7, 11) is 0. The number of carbonyl (C=O) groups excluding carboxylic acids is 1. The van der Waals surface area contributed by atoms with Crippen LogP contribution in [0.15, 0.2) is 67.1 Å². The second-order valence-corrected chi connectivity index (χ2v) is 6.38. The minimum absolute atomic E-state index is 0.177. The van der Waals surface area contributed by atoms with Gasteiger partial charge in [0.15, 0.2) is 5.65 Å². The van der Waals surface area contributed by atoms with Gasteiger partial charge in [-0.05, 0) is 53.4 Å². The first-order valence-corrected chi connectivity index (χ1v) is 8.53. The molecule has 27 heavy (non-hydrogen) atoms. The van der Waals surface area contributed by atoms with E-state index in [9.17, 15) is 9.18 Å². The zero-order valence-corrected chi connectivity index (χ0v) is 14.7. The molecule has 1 amide bonds. The van der Waals surface area contributed by atoms with E-state index in [1.165, 1.54) is 12.4 Å². The number of aryl methyl sites for hydroxylation is 1. The summed E-state index contributed by atoms with van der Waals surface area (Å²) in [5.74, 6) is -0.690. The van der Waals surface area contributed by atoms with Crippen molar-refractivity contribution in [2.45, 2.75) is 13.3 Å². The molecule has 0 radical (unpaired) electrons. The van der Waals surface area contributed by atoms with E-state index < -0.39 is 5.82 Å². The quantitative estimate of drug-likeness (QED) is 0.598. The van der Waals surface area contributed by atoms with Gasteiger partial charge in [0.2, 0.25) is 5.91 Å². The summed E-state index contributed by atoms with van der Waals surface area (Å²) >= 11 is 0. The molecule has 2 aromatic carbocycles. The molecule has 2 aromatic heterocycles. The van der Waals surface area contributed by atoms with Crippen LogP contribution < -0.4 is 5.32 Å². The fraction of sp³-hybridized carbons (Fsp3) is 0.0952. The SMILES string of the molecule is Cc1ccc(F)c(NC(=O)Cc2ccc(-c3ccn4ncnc4c3)cc2)c1. The molecule has 0 aliphatic rings. The van der Waals surface area contributed by atoms with Crippen molar-refractivity contribution in [1.82, 2.24) is 14.6 Å². The topological polar surface area (TPSA) is 59.3 Å². The Morgan fingerprint density at radius 3 is 2.70 bits per heavy atom. The van der Waals surface area contributed by atoms with Crippen LogP contribution in [0.3, 0.4) is 0 Å². The van der Waals surface area contributed by atoms with Crippen LogP contribution >= 0.6 is 0 Å². The lowest BCUT2D eigenvalue weighted by Gasteiger charge is -2.08. The number of carbonyl (C=O) groups is 1. The van der Waals surface area contributed by atoms with E-state index in [2.05, 4.69) is 15.4 Å². The van der Waals surface area contributed by atoms with Crippen LogP contribution in [0.4, 0.5) is 10.1 Å². The molecule has 2 heterocycles. The largest absolute Gasteiger partial charge is 0.323 e. The van der Waals surface area contributed by atoms with Crippen molar-refractivity contribution in [1.29, 1.82) is 0 Å². The zero-order valence-electron chi connectivity index (χ0n) is 14.7. The first-order chi connectivity index (χ1) is 13.1. The highest BCUT2D eigenvalue weighted by Crippen LogP contribution is 2.21. The van der Waals surface area contributed by atoms with Gasteiger partial charge in [0, 0.05) is 6.20 Å². The Morgan fingerprint density at radius 1 is 1.07 bits per heavy atom. The van der Waals surface area contributed by atoms with Crippen LogP contribution in [0.1, 0.15) is 11.1 Å². The summed E-state index contributed by atoms with van der Waals surface area (Å²) < 4.78 is 15.5. The van der Waals surface area contributed by atoms with Crippen LogP contribution in [0, 0.1) is 12.7 Å². The average molecular weight is 360 g/mol. The van der Waals surface area contributed by atoms with E-state index in [-0.39, 0.29) is 18.0 Å². The van der Waals surface area contributed by atoms with Crippen molar-refractivity contribution in [3.63, 3.8) is 0 Å². The summed E-state index contributed by atoms with van der Waals surface area (Å²) in [4.78, 5) is 16.4. The van der Waals surface area contributed by atoms with Crippen molar-refractivity contribution in [2.75, 3.05) is 5.32 Å². The van der Waals surface area contributed by atoms with E-state index in [1.54, 1.807) is 16.6 Å². The third-order valence-electron chi connectivity index (χ3n) is 4.33. The molecule has 0 aliphatic carbocycles. The van der Waals surface area contributed by atoms with Gasteiger partial charge in [0.25, 0.3) is 0 Å². The summed E-state index contributed by atoms with van der Waals surface area (Å²) in [5, 5.41) is 6.71. The number of nitrogens with zero attached hydrogens (tertiary/aromatic N) is 3. The van der Waals surface area contributed by atoms with Gasteiger partial charge in [-0.1, -0.05) is 30.3 Å². The van der Waals surface area contributed by atoms with E-state index in [0.717, 1.165) is 27.9 Å². The highest BCUT2D eigenvalue weighted by atomic mass is 19.1. The Bertz CT molecular complexity index is 1120. The maximum absolute atomic E-state index is 13.8. The molecule has 134 valence electrons. The first-order valence-electron chi connectivity index (χ1n) is 8.53. The van der Waals surface area contributed by atoms with Gasteiger partial charge >= 0.3 is 0 Å². The highest BCUT2D eigenvalue weighted by Gasteiger charge is 2.09. The van der Waals surface area contributed by atoms with E-state index in [4.69, 9.17) is 0 Å². The second kappa shape index (κ2) is 6.99. The lowest BCUT2D eigenvalue weighted by molar-refractivity contribution is -0.115. The minimum atomic E-state index is -0.437. The predicted molar refractivity (Wildman–Crippen MR) is 102 cm³/mol. The number of rotatable bonds is 4. The maximum Gasteiger partial charge on any atom is 0.228 e. The smallest absolute Gasteiger partial charge is 0.228 e. The number of hydrogen-bond acceptors (Lipinski definition) is 3. The number of anilines is 1. The molecule has 6 heteroatoms. The van der Waals surface area contributed by atoms with Gasteiger partial charge in [-0.25, -0.2) is 13.9 Å². The van der Waals surface area contributed by atoms with Crippen LogP contribution in [0.2, 0.25) is 0 Å². The first kappa shape index (κ1) is 16.9. The molecule has 0 unspecified atom stereocenters. The van der Waals surface area contributed by atoms with Gasteiger partial charge < -0.3 is 5.32 Å². The molecule has 1 N–H and O–H groups in total. The van der Waals surface area contributed by atoms with Gasteiger partial charge in [-0.15, -0.1) is 0 Å². The Hall–Kier alpha value is -3.54. The van der Waals surface area contributed by atoms with E-state index >= 15 is 0 Å². The zero-order chi connectivity index (χ0) is 18.8. The van der Waals surface area contributed by atoms with E-state index in [0.29, 0.717) is 0 Å². The van der Waals surface area contributed by atoms with Gasteiger partial charge in [-0.3, -0.25) is 4.79 Å². The summed E-state index contributed by atoms with van der Waals surface area (Å²) in [6, 6.07) is 16.3. The lowest BCUT2D eigenvalue weighted by atomic mass is 10.0. The van der Waals surface area contributed by atoms with Crippen LogP contribution in [-0.2, 0) is 11.2 Å². The molecular weight excluding hydrogens is 343 g/mol. The van der Waals surface area contributed by atoms with Crippen LogP contribution in [0.5, 0.6) is 0 Å². The third-order valence-corrected chi connectivity index (χ3v) is 4.33. The monoisotopic (exact) mass is 360 g/mol. The molecular formula is C21H17FN4O. The third kappa shape index (κ3) is 3.69. The van der Waals surface area contributed by atoms with Crippen LogP contribution in [-0.4, -0.2) is 20.5 Å². The standard InChI is InChI=1S/C21H17FN4O/c1-14-2-7-18(22)19(10-14)25-21(27)11-15-3-5-16(6-4-15)17-8-9-26-20(12-17)23-13-24-26/h2-10,12-13H,11H2,1H3,(H,25,27). The van der Waals surface area contributed by atoms with Crippen molar-refractivity contribution >= 4 is 17.2 Å². The predicted octanol–water partition coefficient (Wildman–Crippen LogP) is 4.03. The number of aromatic nitrogens is 3. The lowest BCUT2D eigenvalue weighted by Crippen LogP contribution is -2.15. The number of benzene rings is 2. The number of pyridine rings is 1. The van der Waals surface area contributed by atoms with Gasteiger partial charge in [0.1, 0.15) is 12.1 Å². The van der Waals surface area contributed by atoms with E-state index in [1.807, 2.05) is 49.5 Å². The minimum Gasteiger partial charge on any atom is -0.323 e. The van der Waals surface area contributed by atoms with Crippen molar-refractivity contribution in [3.8, 4) is 11.1 Å². The Morgan fingerprint density at radius 2 is 1.89 bits per heavy atom. The van der Waals surface area contributed by atoms with Gasteiger partial charge in [-0.2, -0.15) is 5.10 Å². The second-order valence-electron chi connectivity index (χ2n) is 6.38. The maximum atomic E-state index is 13.8. The van der Waals surface area contributed by atoms with Crippen molar-refractivity contribution in [3.05, 3.63) is 84.1 Å². The van der Waals surface area contributed by atoms with Crippen molar-refractivity contribution in [2.24, 2.45) is 0 Å². The number of hydrogen-bond donors (Lipinski definition) is 1. The molecule has 0 spiro atoms. The summed E-state index contributed by atoms with van der Waals surface area (Å²) in [5.41, 5.74) is 4.77. The molecule has 4 rings (SSSR count). The molecule has 0 saturated heterocycles. The molecule has 0 aliphatic heterocycles. The molecule has 4 aromatic rings. The Balaban J connectivity index is 1.47. The van der Waals surface area contributed by atoms with Gasteiger partial charge in [0.05, 0.1) is 12.1 Å². The molecule has 0 bridgehead atoms. The Kier molecular flexibility index (Phi) is 4.38. The number of nitrogens with one attached hydrogen (secondary N) is 1. The molecule has 0 fully saturated rings. The van der Waals surface area contributed by atoms with Crippen LogP contribution in [0.25, 0.3) is 16.8 Å². The normalized spacial score (nSPS) is 10.9. The summed E-state index contributed by atoms with van der Waals surface area (Å²) in [6.07, 6.45) is 3.55. The number of halogens is 1. The van der Waals surface area contributed by atoms with Crippen molar-refractivity contribution < 1.29 is 9.18 Å². The fourth-order valence-corrected chi connectivity index (χ4v) is 2.92. The summed E-state index contributed by atoms with van der Waals surface area (Å²) in [6.45, 7) is 1.85. The average Bonchev–Trinajstić information content (AvgIpc) is 3.13. The highest BCUT2D eigenvalue weighted by molar-refractivity contribution is 5.92. The number of amides is 1. The number of fused-ring (bicyclic) bond motifs is 1. The molecule has 0 saturated carbocycles.